The first-order chi connectivity index (χ1) is 19.5. The SMILES string of the molecule is CNC(=O)c1ccc(-c2cc3cccc(-c4nc(C56CCC(CC5)OC6)n5c4CN(C(C)=O)CC5)c3cn2)cn1. The lowest BCUT2D eigenvalue weighted by Crippen LogP contribution is -2.48. The molecule has 3 aliphatic heterocycles. The van der Waals surface area contributed by atoms with Crippen molar-refractivity contribution in [1.82, 2.24) is 29.7 Å². The van der Waals surface area contributed by atoms with Gasteiger partial charge in [0.1, 0.15) is 11.5 Å². The molecule has 3 aromatic heterocycles. The summed E-state index contributed by atoms with van der Waals surface area (Å²) in [5.41, 5.74) is 4.96. The van der Waals surface area contributed by atoms with Gasteiger partial charge in [-0.25, -0.2) is 4.98 Å². The summed E-state index contributed by atoms with van der Waals surface area (Å²) in [6, 6.07) is 11.9. The number of nitrogens with one attached hydrogen (secondary N) is 1. The molecule has 6 heterocycles. The second-order valence-corrected chi connectivity index (χ2v) is 11.2. The van der Waals surface area contributed by atoms with Crippen LogP contribution in [0.15, 0.2) is 48.8 Å². The standard InChI is InChI=1S/C31H32N6O3/c1-19(38)36-12-13-37-27(17-36)28(35-30(37)31-10-8-22(9-11-31)40-18-31)23-5-3-4-20-14-26(34-16-24(20)23)21-6-7-25(33-15-21)29(39)32-2/h3-7,14-16,22H,8-13,17-18H2,1-2H3,(H,32,39). The lowest BCUT2D eigenvalue weighted by atomic mass is 9.70. The third-order valence-corrected chi connectivity index (χ3v) is 8.95. The number of fused-ring (bicyclic) bond motifs is 5. The fourth-order valence-electron chi connectivity index (χ4n) is 6.62. The number of carbonyl (C=O) groups is 2. The molecule has 2 saturated heterocycles. The smallest absolute Gasteiger partial charge is 0.269 e. The molecule has 3 fully saturated rings. The number of pyridine rings is 2. The summed E-state index contributed by atoms with van der Waals surface area (Å²) < 4.78 is 8.58. The highest BCUT2D eigenvalue weighted by atomic mass is 16.5. The number of nitrogens with zero attached hydrogens (tertiary/aromatic N) is 5. The van der Waals surface area contributed by atoms with Crippen molar-refractivity contribution in [3.05, 3.63) is 66.0 Å². The van der Waals surface area contributed by atoms with Crippen LogP contribution in [0.25, 0.3) is 33.3 Å². The molecule has 8 rings (SSSR count). The molecule has 0 spiro atoms. The first-order valence-electron chi connectivity index (χ1n) is 14.0. The van der Waals surface area contributed by atoms with E-state index in [2.05, 4.69) is 39.1 Å². The number of hydrogen-bond donors (Lipinski definition) is 1. The molecule has 4 aliphatic rings. The van der Waals surface area contributed by atoms with Crippen LogP contribution in [0, 0.1) is 0 Å². The number of aromatic nitrogens is 4. The van der Waals surface area contributed by atoms with Crippen molar-refractivity contribution in [3.63, 3.8) is 0 Å². The van der Waals surface area contributed by atoms with Crippen LogP contribution in [0.5, 0.6) is 0 Å². The quantitative estimate of drug-likeness (QED) is 0.422. The van der Waals surface area contributed by atoms with Gasteiger partial charge in [0, 0.05) is 56.0 Å². The third kappa shape index (κ3) is 3.99. The second-order valence-electron chi connectivity index (χ2n) is 11.2. The molecule has 1 aromatic carbocycles. The van der Waals surface area contributed by atoms with Crippen LogP contribution in [-0.2, 0) is 28.0 Å². The Morgan fingerprint density at radius 3 is 2.62 bits per heavy atom. The highest BCUT2D eigenvalue weighted by Gasteiger charge is 2.47. The number of benzene rings is 1. The fourth-order valence-corrected chi connectivity index (χ4v) is 6.62. The number of imidazole rings is 1. The van der Waals surface area contributed by atoms with Crippen LogP contribution in [0.4, 0.5) is 0 Å². The summed E-state index contributed by atoms with van der Waals surface area (Å²) in [6.07, 6.45) is 8.31. The van der Waals surface area contributed by atoms with Crippen molar-refractivity contribution in [3.8, 4) is 22.5 Å². The Hall–Kier alpha value is -4.11. The highest BCUT2D eigenvalue weighted by molar-refractivity contribution is 5.97. The summed E-state index contributed by atoms with van der Waals surface area (Å²) >= 11 is 0. The van der Waals surface area contributed by atoms with Crippen molar-refractivity contribution in [2.75, 3.05) is 20.2 Å². The predicted molar refractivity (Wildman–Crippen MR) is 151 cm³/mol. The Bertz CT molecular complexity index is 1620. The van der Waals surface area contributed by atoms with Gasteiger partial charge in [-0.2, -0.15) is 0 Å². The summed E-state index contributed by atoms with van der Waals surface area (Å²) in [6.45, 7) is 4.34. The summed E-state index contributed by atoms with van der Waals surface area (Å²) in [4.78, 5) is 40.7. The topological polar surface area (TPSA) is 102 Å². The molecule has 2 bridgehead atoms. The first kappa shape index (κ1) is 24.9. The normalized spacial score (nSPS) is 21.9. The summed E-state index contributed by atoms with van der Waals surface area (Å²) in [5.74, 6) is 0.976. The zero-order valence-corrected chi connectivity index (χ0v) is 22.8. The van der Waals surface area contributed by atoms with Gasteiger partial charge >= 0.3 is 0 Å². The minimum Gasteiger partial charge on any atom is -0.377 e. The first-order valence-corrected chi connectivity index (χ1v) is 14.0. The molecule has 1 saturated carbocycles. The minimum atomic E-state index is -0.221. The monoisotopic (exact) mass is 536 g/mol. The molecule has 4 aromatic rings. The van der Waals surface area contributed by atoms with Crippen molar-refractivity contribution in [2.24, 2.45) is 0 Å². The van der Waals surface area contributed by atoms with Crippen LogP contribution in [-0.4, -0.2) is 62.5 Å². The predicted octanol–water partition coefficient (Wildman–Crippen LogP) is 4.09. The van der Waals surface area contributed by atoms with Gasteiger partial charge in [-0.1, -0.05) is 18.2 Å². The zero-order valence-electron chi connectivity index (χ0n) is 22.8. The average Bonchev–Trinajstić information content (AvgIpc) is 3.40. The van der Waals surface area contributed by atoms with Crippen LogP contribution in [0.1, 0.15) is 54.6 Å². The van der Waals surface area contributed by atoms with E-state index in [1.165, 1.54) is 0 Å². The molecule has 204 valence electrons. The van der Waals surface area contributed by atoms with Gasteiger partial charge in [-0.15, -0.1) is 0 Å². The molecule has 0 atom stereocenters. The maximum atomic E-state index is 12.4. The van der Waals surface area contributed by atoms with Crippen LogP contribution in [0.3, 0.4) is 0 Å². The van der Waals surface area contributed by atoms with Crippen molar-refractivity contribution >= 4 is 22.6 Å². The Kier molecular flexibility index (Phi) is 5.92. The number of amides is 2. The zero-order chi connectivity index (χ0) is 27.4. The largest absolute Gasteiger partial charge is 0.377 e. The highest BCUT2D eigenvalue weighted by Crippen LogP contribution is 2.47. The minimum absolute atomic E-state index is 0.0655. The molecule has 2 amide bonds. The van der Waals surface area contributed by atoms with E-state index in [0.29, 0.717) is 24.9 Å². The van der Waals surface area contributed by atoms with Crippen molar-refractivity contribution in [2.45, 2.75) is 57.2 Å². The maximum absolute atomic E-state index is 12.4. The van der Waals surface area contributed by atoms with Gasteiger partial charge in [0.25, 0.3) is 5.91 Å². The summed E-state index contributed by atoms with van der Waals surface area (Å²) in [7, 11) is 1.59. The van der Waals surface area contributed by atoms with E-state index in [1.807, 2.05) is 17.2 Å². The number of hydrogen-bond acceptors (Lipinski definition) is 6. The van der Waals surface area contributed by atoms with Gasteiger partial charge in [-0.05, 0) is 49.3 Å². The van der Waals surface area contributed by atoms with E-state index >= 15 is 0 Å². The second kappa shape index (κ2) is 9.52. The number of rotatable bonds is 4. The van der Waals surface area contributed by atoms with E-state index < -0.39 is 0 Å². The van der Waals surface area contributed by atoms with E-state index in [1.54, 1.807) is 26.2 Å². The van der Waals surface area contributed by atoms with Gasteiger partial charge in [0.05, 0.1) is 41.8 Å². The third-order valence-electron chi connectivity index (χ3n) is 8.95. The Labute approximate surface area is 232 Å². The van der Waals surface area contributed by atoms with E-state index in [0.717, 1.165) is 83.6 Å². The van der Waals surface area contributed by atoms with Gasteiger partial charge in [0.2, 0.25) is 5.91 Å². The van der Waals surface area contributed by atoms with Crippen molar-refractivity contribution in [1.29, 1.82) is 0 Å². The Morgan fingerprint density at radius 1 is 1.07 bits per heavy atom. The molecular formula is C31H32N6O3. The maximum Gasteiger partial charge on any atom is 0.269 e. The lowest BCUT2D eigenvalue weighted by Gasteiger charge is -2.46. The van der Waals surface area contributed by atoms with E-state index in [4.69, 9.17) is 14.7 Å². The van der Waals surface area contributed by atoms with E-state index in [-0.39, 0.29) is 17.2 Å². The Morgan fingerprint density at radius 2 is 1.93 bits per heavy atom. The molecule has 40 heavy (non-hydrogen) atoms. The van der Waals surface area contributed by atoms with Crippen LogP contribution in [0.2, 0.25) is 0 Å². The lowest BCUT2D eigenvalue weighted by molar-refractivity contribution is -0.130. The van der Waals surface area contributed by atoms with Crippen LogP contribution >= 0.6 is 0 Å². The summed E-state index contributed by atoms with van der Waals surface area (Å²) in [5, 5.41) is 4.65. The van der Waals surface area contributed by atoms with Gasteiger partial charge < -0.3 is 19.5 Å². The molecule has 9 heteroatoms. The van der Waals surface area contributed by atoms with E-state index in [9.17, 15) is 9.59 Å². The molecule has 0 unspecified atom stereocenters. The molecule has 1 N–H and O–H groups in total. The number of ether oxygens (including phenoxy) is 1. The fraction of sp³-hybridized carbons (Fsp3) is 0.387. The number of carbonyl (C=O) groups excluding carboxylic acids is 2. The Balaban J connectivity index is 1.33. The van der Waals surface area contributed by atoms with Crippen LogP contribution < -0.4 is 5.32 Å². The average molecular weight is 537 g/mol. The molecular weight excluding hydrogens is 504 g/mol. The van der Waals surface area contributed by atoms with Gasteiger partial charge in [-0.3, -0.25) is 19.6 Å². The van der Waals surface area contributed by atoms with Gasteiger partial charge in [0.15, 0.2) is 0 Å². The molecule has 1 aliphatic carbocycles. The molecule has 9 nitrogen and oxygen atoms in total. The molecule has 0 radical (unpaired) electrons. The van der Waals surface area contributed by atoms with Crippen molar-refractivity contribution < 1.29 is 14.3 Å².